The van der Waals surface area contributed by atoms with Gasteiger partial charge in [0.1, 0.15) is 12.4 Å². The number of pyridine rings is 1. The van der Waals surface area contributed by atoms with Crippen molar-refractivity contribution >= 4 is 11.6 Å². The molecule has 0 unspecified atom stereocenters. The van der Waals surface area contributed by atoms with Gasteiger partial charge in [-0.2, -0.15) is 0 Å². The van der Waals surface area contributed by atoms with Crippen LogP contribution in [-0.2, 0) is 11.2 Å². The fourth-order valence-corrected chi connectivity index (χ4v) is 1.71. The number of ether oxygens (including phenoxy) is 1. The SMILES string of the molecule is Nc1cccc(OCCNC(=O)Cc2cccnc2)c1. The van der Waals surface area contributed by atoms with Crippen LogP contribution in [-0.4, -0.2) is 24.0 Å². The predicted molar refractivity (Wildman–Crippen MR) is 77.3 cm³/mol. The standard InChI is InChI=1S/C15H17N3O2/c16-13-4-1-5-14(10-13)20-8-7-18-15(19)9-12-3-2-6-17-11-12/h1-6,10-11H,7-9,16H2,(H,18,19). The number of carbonyl (C=O) groups excluding carboxylic acids is 1. The summed E-state index contributed by atoms with van der Waals surface area (Å²) < 4.78 is 5.48. The van der Waals surface area contributed by atoms with E-state index in [0.717, 1.165) is 5.56 Å². The number of anilines is 1. The number of amides is 1. The Morgan fingerprint density at radius 2 is 2.20 bits per heavy atom. The molecule has 0 radical (unpaired) electrons. The zero-order chi connectivity index (χ0) is 14.2. The summed E-state index contributed by atoms with van der Waals surface area (Å²) in [7, 11) is 0. The minimum absolute atomic E-state index is 0.0471. The highest BCUT2D eigenvalue weighted by molar-refractivity contribution is 5.78. The zero-order valence-electron chi connectivity index (χ0n) is 11.1. The molecule has 5 heteroatoms. The number of nitrogens with two attached hydrogens (primary N) is 1. The third-order valence-corrected chi connectivity index (χ3v) is 2.64. The summed E-state index contributed by atoms with van der Waals surface area (Å²) in [5.74, 6) is 0.653. The van der Waals surface area contributed by atoms with Crippen molar-refractivity contribution in [1.29, 1.82) is 0 Å². The van der Waals surface area contributed by atoms with Crippen molar-refractivity contribution in [3.05, 3.63) is 54.4 Å². The number of nitrogens with zero attached hydrogens (tertiary/aromatic N) is 1. The Balaban J connectivity index is 1.67. The maximum atomic E-state index is 11.7. The van der Waals surface area contributed by atoms with Crippen LogP contribution in [0.4, 0.5) is 5.69 Å². The largest absolute Gasteiger partial charge is 0.492 e. The number of benzene rings is 1. The highest BCUT2D eigenvalue weighted by Crippen LogP contribution is 2.13. The molecule has 2 aromatic rings. The second-order valence-electron chi connectivity index (χ2n) is 4.31. The molecule has 0 saturated carbocycles. The maximum Gasteiger partial charge on any atom is 0.224 e. The average molecular weight is 271 g/mol. The normalized spacial score (nSPS) is 10.0. The summed E-state index contributed by atoms with van der Waals surface area (Å²) in [6, 6.07) is 10.9. The third-order valence-electron chi connectivity index (χ3n) is 2.64. The molecule has 1 heterocycles. The lowest BCUT2D eigenvalue weighted by molar-refractivity contribution is -0.120. The van der Waals surface area contributed by atoms with E-state index in [1.54, 1.807) is 24.5 Å². The third kappa shape index (κ3) is 4.61. The fourth-order valence-electron chi connectivity index (χ4n) is 1.71. The van der Waals surface area contributed by atoms with E-state index in [4.69, 9.17) is 10.5 Å². The van der Waals surface area contributed by atoms with E-state index in [1.807, 2.05) is 24.3 Å². The molecule has 0 aliphatic rings. The van der Waals surface area contributed by atoms with Crippen LogP contribution in [0, 0.1) is 0 Å². The number of nitrogen functional groups attached to an aromatic ring is 1. The molecule has 5 nitrogen and oxygen atoms in total. The lowest BCUT2D eigenvalue weighted by Gasteiger charge is -2.08. The highest BCUT2D eigenvalue weighted by atomic mass is 16.5. The average Bonchev–Trinajstić information content (AvgIpc) is 2.45. The quantitative estimate of drug-likeness (QED) is 0.615. The Morgan fingerprint density at radius 1 is 1.30 bits per heavy atom. The summed E-state index contributed by atoms with van der Waals surface area (Å²) in [5, 5.41) is 2.79. The molecule has 0 fully saturated rings. The van der Waals surface area contributed by atoms with Crippen LogP contribution in [0.2, 0.25) is 0 Å². The molecule has 0 spiro atoms. The van der Waals surface area contributed by atoms with Crippen LogP contribution in [0.1, 0.15) is 5.56 Å². The van der Waals surface area contributed by atoms with Gasteiger partial charge in [0.15, 0.2) is 0 Å². The first kappa shape index (κ1) is 13.9. The Morgan fingerprint density at radius 3 is 2.95 bits per heavy atom. The van der Waals surface area contributed by atoms with E-state index in [1.165, 1.54) is 0 Å². The summed E-state index contributed by atoms with van der Waals surface area (Å²) in [4.78, 5) is 15.6. The van der Waals surface area contributed by atoms with Gasteiger partial charge in [-0.25, -0.2) is 0 Å². The summed E-state index contributed by atoms with van der Waals surface area (Å²) in [5.41, 5.74) is 7.19. The first-order valence-electron chi connectivity index (χ1n) is 6.38. The van der Waals surface area contributed by atoms with Crippen LogP contribution >= 0.6 is 0 Å². The maximum absolute atomic E-state index is 11.7. The van der Waals surface area contributed by atoms with E-state index < -0.39 is 0 Å². The molecule has 3 N–H and O–H groups in total. The van der Waals surface area contributed by atoms with Gasteiger partial charge >= 0.3 is 0 Å². The number of aromatic nitrogens is 1. The summed E-state index contributed by atoms with van der Waals surface area (Å²) in [6.07, 6.45) is 3.69. The number of nitrogens with one attached hydrogen (secondary N) is 1. The van der Waals surface area contributed by atoms with Crippen LogP contribution in [0.15, 0.2) is 48.8 Å². The van der Waals surface area contributed by atoms with Gasteiger partial charge in [-0.15, -0.1) is 0 Å². The molecule has 1 amide bonds. The topological polar surface area (TPSA) is 77.2 Å². The van der Waals surface area contributed by atoms with Gasteiger partial charge in [0, 0.05) is 24.1 Å². The van der Waals surface area contributed by atoms with Gasteiger partial charge in [-0.3, -0.25) is 9.78 Å². The van der Waals surface area contributed by atoms with Gasteiger partial charge in [0.25, 0.3) is 0 Å². The molecule has 0 atom stereocenters. The Bertz CT molecular complexity index is 558. The molecule has 104 valence electrons. The smallest absolute Gasteiger partial charge is 0.224 e. The number of hydrogen-bond donors (Lipinski definition) is 2. The fraction of sp³-hybridized carbons (Fsp3) is 0.200. The molecule has 0 aliphatic carbocycles. The molecule has 0 bridgehead atoms. The van der Waals surface area contributed by atoms with Gasteiger partial charge < -0.3 is 15.8 Å². The molecular formula is C15H17N3O2. The van der Waals surface area contributed by atoms with Gasteiger partial charge in [0.05, 0.1) is 13.0 Å². The Kier molecular flexibility index (Phi) is 4.94. The van der Waals surface area contributed by atoms with Crippen molar-refractivity contribution in [2.24, 2.45) is 0 Å². The van der Waals surface area contributed by atoms with Crippen LogP contribution in [0.25, 0.3) is 0 Å². The second kappa shape index (κ2) is 7.13. The van der Waals surface area contributed by atoms with Crippen molar-refractivity contribution in [3.8, 4) is 5.75 Å². The van der Waals surface area contributed by atoms with Crippen LogP contribution in [0.5, 0.6) is 5.75 Å². The number of hydrogen-bond acceptors (Lipinski definition) is 4. The lowest BCUT2D eigenvalue weighted by Crippen LogP contribution is -2.29. The van der Waals surface area contributed by atoms with Crippen LogP contribution < -0.4 is 15.8 Å². The highest BCUT2D eigenvalue weighted by Gasteiger charge is 2.02. The van der Waals surface area contributed by atoms with Gasteiger partial charge in [0.2, 0.25) is 5.91 Å². The lowest BCUT2D eigenvalue weighted by atomic mass is 10.2. The van der Waals surface area contributed by atoms with E-state index in [-0.39, 0.29) is 5.91 Å². The monoisotopic (exact) mass is 271 g/mol. The van der Waals surface area contributed by atoms with Gasteiger partial charge in [-0.1, -0.05) is 12.1 Å². The second-order valence-corrected chi connectivity index (χ2v) is 4.31. The summed E-state index contributed by atoms with van der Waals surface area (Å²) >= 11 is 0. The first-order valence-corrected chi connectivity index (χ1v) is 6.38. The van der Waals surface area contributed by atoms with Crippen molar-refractivity contribution in [2.45, 2.75) is 6.42 Å². The molecular weight excluding hydrogens is 254 g/mol. The summed E-state index contributed by atoms with van der Waals surface area (Å²) in [6.45, 7) is 0.857. The molecule has 2 rings (SSSR count). The van der Waals surface area contributed by atoms with Crippen molar-refractivity contribution in [2.75, 3.05) is 18.9 Å². The van der Waals surface area contributed by atoms with Gasteiger partial charge in [-0.05, 0) is 23.8 Å². The van der Waals surface area contributed by atoms with Crippen molar-refractivity contribution in [3.63, 3.8) is 0 Å². The predicted octanol–water partition coefficient (Wildman–Crippen LogP) is 1.40. The van der Waals surface area contributed by atoms with E-state index in [0.29, 0.717) is 31.0 Å². The van der Waals surface area contributed by atoms with Crippen molar-refractivity contribution in [1.82, 2.24) is 10.3 Å². The minimum atomic E-state index is -0.0471. The van der Waals surface area contributed by atoms with Crippen molar-refractivity contribution < 1.29 is 9.53 Å². The molecule has 20 heavy (non-hydrogen) atoms. The zero-order valence-corrected chi connectivity index (χ0v) is 11.1. The van der Waals surface area contributed by atoms with E-state index >= 15 is 0 Å². The number of rotatable bonds is 6. The van der Waals surface area contributed by atoms with Crippen LogP contribution in [0.3, 0.4) is 0 Å². The molecule has 0 aliphatic heterocycles. The Hall–Kier alpha value is -2.56. The molecule has 1 aromatic carbocycles. The minimum Gasteiger partial charge on any atom is -0.492 e. The van der Waals surface area contributed by atoms with E-state index in [2.05, 4.69) is 10.3 Å². The molecule has 0 saturated heterocycles. The van der Waals surface area contributed by atoms with E-state index in [9.17, 15) is 4.79 Å². The first-order chi connectivity index (χ1) is 9.74. The number of carbonyl (C=O) groups is 1. The molecule has 1 aromatic heterocycles. The Labute approximate surface area is 117 Å².